The van der Waals surface area contributed by atoms with Crippen LogP contribution in [0.25, 0.3) is 10.9 Å². The van der Waals surface area contributed by atoms with Crippen molar-refractivity contribution < 1.29 is 9.18 Å². The van der Waals surface area contributed by atoms with Gasteiger partial charge in [0.1, 0.15) is 5.82 Å². The van der Waals surface area contributed by atoms with Crippen molar-refractivity contribution in [1.82, 2.24) is 19.6 Å². The molecule has 0 unspecified atom stereocenters. The number of aromatic nitrogens is 2. The zero-order chi connectivity index (χ0) is 24.5. The van der Waals surface area contributed by atoms with E-state index in [2.05, 4.69) is 49.4 Å². The van der Waals surface area contributed by atoms with E-state index < -0.39 is 11.8 Å². The molecule has 4 aromatic rings. The van der Waals surface area contributed by atoms with Gasteiger partial charge in [-0.1, -0.05) is 42.5 Å². The van der Waals surface area contributed by atoms with Gasteiger partial charge in [-0.2, -0.15) is 4.68 Å². The second kappa shape index (κ2) is 9.72. The predicted molar refractivity (Wildman–Crippen MR) is 140 cm³/mol. The largest absolute Gasteiger partial charge is 0.352 e. The molecule has 0 atom stereocenters. The summed E-state index contributed by atoms with van der Waals surface area (Å²) in [5, 5.41) is 8.28. The second-order valence-electron chi connectivity index (χ2n) is 9.50. The summed E-state index contributed by atoms with van der Waals surface area (Å²) < 4.78 is 15.4. The third-order valence-corrected chi connectivity index (χ3v) is 7.15. The number of halogens is 1. The average molecular weight is 485 g/mol. The van der Waals surface area contributed by atoms with Gasteiger partial charge in [0.15, 0.2) is 5.82 Å². The monoisotopic (exact) mass is 484 g/mol. The Balaban J connectivity index is 1.12. The number of fused-ring (bicyclic) bond motifs is 2. The fourth-order valence-electron chi connectivity index (χ4n) is 5.19. The Morgan fingerprint density at radius 2 is 1.50 bits per heavy atom. The molecule has 1 saturated heterocycles. The van der Waals surface area contributed by atoms with Crippen LogP contribution in [0.1, 0.15) is 11.1 Å². The van der Waals surface area contributed by atoms with Crippen molar-refractivity contribution in [3.63, 3.8) is 0 Å². The summed E-state index contributed by atoms with van der Waals surface area (Å²) in [5.41, 5.74) is 4.02. The van der Waals surface area contributed by atoms with E-state index in [-0.39, 0.29) is 0 Å². The maximum atomic E-state index is 14.1. The lowest BCUT2D eigenvalue weighted by atomic mass is 10.1. The number of rotatable bonds is 5. The molecule has 0 aliphatic carbocycles. The molecule has 36 heavy (non-hydrogen) atoms. The van der Waals surface area contributed by atoms with Crippen LogP contribution in [0.3, 0.4) is 0 Å². The zero-order valence-electron chi connectivity index (χ0n) is 20.1. The van der Waals surface area contributed by atoms with Crippen LogP contribution in [-0.2, 0) is 13.1 Å². The molecule has 2 aliphatic heterocycles. The van der Waals surface area contributed by atoms with Gasteiger partial charge in [0.05, 0.1) is 5.52 Å². The lowest BCUT2D eigenvalue weighted by molar-refractivity contribution is 0.197. The molecule has 0 spiro atoms. The van der Waals surface area contributed by atoms with Gasteiger partial charge in [0.2, 0.25) is 0 Å². The standard InChI is InChI=1S/C28H29FN6O/c29-23-10-11-25-26(18-23)35(28(36)30-24-8-2-1-3-9-24)31-27(25)34-16-14-32(15-17-34)12-13-33-19-21-6-4-5-7-22(21)20-33/h1-11,18H,12-17,19-20H2,(H,30,36). The number of hydrogen-bond acceptors (Lipinski definition) is 5. The number of nitrogens with one attached hydrogen (secondary N) is 1. The molecule has 3 heterocycles. The van der Waals surface area contributed by atoms with Crippen LogP contribution >= 0.6 is 0 Å². The molecule has 0 radical (unpaired) electrons. The molecule has 1 aromatic heterocycles. The van der Waals surface area contributed by atoms with Gasteiger partial charge in [-0.05, 0) is 35.4 Å². The first-order chi connectivity index (χ1) is 17.6. The summed E-state index contributed by atoms with van der Waals surface area (Å²) in [4.78, 5) is 20.2. The van der Waals surface area contributed by atoms with Crippen LogP contribution in [-0.4, -0.2) is 64.9 Å². The quantitative estimate of drug-likeness (QED) is 0.455. The van der Waals surface area contributed by atoms with E-state index in [4.69, 9.17) is 0 Å². The number of amides is 1. The molecule has 8 heteroatoms. The summed E-state index contributed by atoms with van der Waals surface area (Å²) in [5.74, 6) is 0.333. The highest BCUT2D eigenvalue weighted by molar-refractivity contribution is 6.01. The number of benzene rings is 3. The predicted octanol–water partition coefficient (Wildman–Crippen LogP) is 4.39. The number of carbonyl (C=O) groups excluding carboxylic acids is 1. The first-order valence-electron chi connectivity index (χ1n) is 12.5. The number of para-hydroxylation sites is 1. The Hall–Kier alpha value is -3.75. The number of carbonyl (C=O) groups is 1. The van der Waals surface area contributed by atoms with Crippen LogP contribution < -0.4 is 10.2 Å². The summed E-state index contributed by atoms with van der Waals surface area (Å²) in [6.07, 6.45) is 0. The minimum Gasteiger partial charge on any atom is -0.352 e. The molecular formula is C28H29FN6O. The Kier molecular flexibility index (Phi) is 6.13. The van der Waals surface area contributed by atoms with E-state index >= 15 is 0 Å². The Morgan fingerprint density at radius 1 is 0.833 bits per heavy atom. The molecule has 3 aromatic carbocycles. The van der Waals surface area contributed by atoms with Gasteiger partial charge in [-0.15, -0.1) is 5.10 Å². The summed E-state index contributed by atoms with van der Waals surface area (Å²) in [6, 6.07) is 22.0. The third kappa shape index (κ3) is 4.57. The number of anilines is 2. The summed E-state index contributed by atoms with van der Waals surface area (Å²) in [6.45, 7) is 7.60. The summed E-state index contributed by atoms with van der Waals surface area (Å²) in [7, 11) is 0. The van der Waals surface area contributed by atoms with Crippen LogP contribution in [0.4, 0.5) is 20.7 Å². The number of hydrogen-bond donors (Lipinski definition) is 1. The molecule has 0 bridgehead atoms. The minimum atomic E-state index is -0.409. The van der Waals surface area contributed by atoms with Crippen molar-refractivity contribution in [2.45, 2.75) is 13.1 Å². The van der Waals surface area contributed by atoms with E-state index in [1.165, 1.54) is 27.9 Å². The van der Waals surface area contributed by atoms with Crippen molar-refractivity contribution in [2.75, 3.05) is 49.5 Å². The van der Waals surface area contributed by atoms with Crippen LogP contribution in [0.15, 0.2) is 72.8 Å². The van der Waals surface area contributed by atoms with E-state index in [1.54, 1.807) is 6.07 Å². The average Bonchev–Trinajstić information content (AvgIpc) is 3.49. The van der Waals surface area contributed by atoms with Gasteiger partial charge in [0, 0.05) is 69.5 Å². The SMILES string of the molecule is O=C(Nc1ccccc1)n1nc(N2CCN(CCN3Cc4ccccc4C3)CC2)c2ccc(F)cc21. The first-order valence-corrected chi connectivity index (χ1v) is 12.5. The third-order valence-electron chi connectivity index (χ3n) is 7.15. The smallest absolute Gasteiger partial charge is 0.347 e. The molecule has 0 saturated carbocycles. The van der Waals surface area contributed by atoms with Crippen LogP contribution in [0.5, 0.6) is 0 Å². The topological polar surface area (TPSA) is 56.6 Å². The Labute approximate surface area is 209 Å². The van der Waals surface area contributed by atoms with Gasteiger partial charge in [0.25, 0.3) is 0 Å². The van der Waals surface area contributed by atoms with Crippen molar-refractivity contribution in [2.24, 2.45) is 0 Å². The lowest BCUT2D eigenvalue weighted by Gasteiger charge is -2.35. The molecule has 7 nitrogen and oxygen atoms in total. The number of nitrogens with zero attached hydrogens (tertiary/aromatic N) is 5. The van der Waals surface area contributed by atoms with Crippen LogP contribution in [0, 0.1) is 5.82 Å². The highest BCUT2D eigenvalue weighted by Gasteiger charge is 2.25. The summed E-state index contributed by atoms with van der Waals surface area (Å²) >= 11 is 0. The fraction of sp³-hybridized carbons (Fsp3) is 0.286. The van der Waals surface area contributed by atoms with E-state index in [0.717, 1.165) is 63.6 Å². The molecule has 1 N–H and O–H groups in total. The first kappa shape index (κ1) is 22.7. The zero-order valence-corrected chi connectivity index (χ0v) is 20.1. The van der Waals surface area contributed by atoms with E-state index in [9.17, 15) is 9.18 Å². The molecule has 6 rings (SSSR count). The molecule has 1 fully saturated rings. The van der Waals surface area contributed by atoms with E-state index in [0.29, 0.717) is 11.2 Å². The van der Waals surface area contributed by atoms with Crippen molar-refractivity contribution in [3.05, 3.63) is 89.7 Å². The van der Waals surface area contributed by atoms with E-state index in [1.807, 2.05) is 30.3 Å². The highest BCUT2D eigenvalue weighted by atomic mass is 19.1. The van der Waals surface area contributed by atoms with Crippen molar-refractivity contribution >= 4 is 28.4 Å². The minimum absolute atomic E-state index is 0.392. The normalized spacial score (nSPS) is 16.4. The van der Waals surface area contributed by atoms with Gasteiger partial charge in [-0.3, -0.25) is 9.80 Å². The van der Waals surface area contributed by atoms with Gasteiger partial charge in [-0.25, -0.2) is 9.18 Å². The van der Waals surface area contributed by atoms with Crippen molar-refractivity contribution in [3.8, 4) is 0 Å². The number of piperazine rings is 1. The van der Waals surface area contributed by atoms with Gasteiger partial charge >= 0.3 is 6.03 Å². The second-order valence-corrected chi connectivity index (χ2v) is 9.50. The van der Waals surface area contributed by atoms with Crippen LogP contribution in [0.2, 0.25) is 0 Å². The maximum absolute atomic E-state index is 14.1. The molecule has 1 amide bonds. The lowest BCUT2D eigenvalue weighted by Crippen LogP contribution is -2.48. The van der Waals surface area contributed by atoms with Crippen molar-refractivity contribution in [1.29, 1.82) is 0 Å². The fourth-order valence-corrected chi connectivity index (χ4v) is 5.19. The highest BCUT2D eigenvalue weighted by Crippen LogP contribution is 2.28. The maximum Gasteiger partial charge on any atom is 0.347 e. The Bertz CT molecular complexity index is 1350. The molecule has 184 valence electrons. The van der Waals surface area contributed by atoms with Gasteiger partial charge < -0.3 is 10.2 Å². The molecule has 2 aliphatic rings. The Morgan fingerprint density at radius 3 is 2.22 bits per heavy atom. The molecular weight excluding hydrogens is 455 g/mol.